The van der Waals surface area contributed by atoms with Crippen LogP contribution in [-0.2, 0) is 4.74 Å². The first-order chi connectivity index (χ1) is 6.74. The zero-order valence-corrected chi connectivity index (χ0v) is 9.33. The molecule has 3 nitrogen and oxygen atoms in total. The largest absolute Gasteiger partial charge is 0.373 e. The van der Waals surface area contributed by atoms with Crippen LogP contribution >= 0.6 is 0 Å². The van der Waals surface area contributed by atoms with Gasteiger partial charge >= 0.3 is 0 Å². The van der Waals surface area contributed by atoms with E-state index in [9.17, 15) is 0 Å². The van der Waals surface area contributed by atoms with Gasteiger partial charge in [-0.1, -0.05) is 0 Å². The van der Waals surface area contributed by atoms with Gasteiger partial charge in [-0.2, -0.15) is 0 Å². The summed E-state index contributed by atoms with van der Waals surface area (Å²) in [5.41, 5.74) is 0. The Morgan fingerprint density at radius 3 is 2.43 bits per heavy atom. The van der Waals surface area contributed by atoms with Crippen LogP contribution in [0.1, 0.15) is 26.7 Å². The van der Waals surface area contributed by atoms with Crippen LogP contribution in [-0.4, -0.2) is 49.3 Å². The van der Waals surface area contributed by atoms with E-state index in [4.69, 9.17) is 4.74 Å². The molecule has 1 heterocycles. The minimum absolute atomic E-state index is 0.402. The van der Waals surface area contributed by atoms with Crippen LogP contribution in [0.25, 0.3) is 0 Å². The molecule has 2 aliphatic rings. The summed E-state index contributed by atoms with van der Waals surface area (Å²) in [4.78, 5) is 2.51. The second kappa shape index (κ2) is 4.60. The Hall–Kier alpha value is -0.120. The van der Waals surface area contributed by atoms with Gasteiger partial charge in [-0.15, -0.1) is 0 Å². The molecule has 2 rings (SSSR count). The van der Waals surface area contributed by atoms with Crippen molar-refractivity contribution in [1.82, 2.24) is 10.2 Å². The zero-order valence-electron chi connectivity index (χ0n) is 9.33. The quantitative estimate of drug-likeness (QED) is 0.725. The predicted octanol–water partition coefficient (Wildman–Crippen LogP) is 0.848. The van der Waals surface area contributed by atoms with Crippen molar-refractivity contribution in [2.24, 2.45) is 0 Å². The first-order valence-electron chi connectivity index (χ1n) is 5.85. The first-order valence-corrected chi connectivity index (χ1v) is 5.85. The van der Waals surface area contributed by atoms with Crippen LogP contribution in [0.5, 0.6) is 0 Å². The van der Waals surface area contributed by atoms with Crippen molar-refractivity contribution in [3.63, 3.8) is 0 Å². The van der Waals surface area contributed by atoms with Gasteiger partial charge in [0.2, 0.25) is 0 Å². The van der Waals surface area contributed by atoms with Crippen LogP contribution in [0, 0.1) is 0 Å². The van der Waals surface area contributed by atoms with Crippen molar-refractivity contribution >= 4 is 0 Å². The van der Waals surface area contributed by atoms with Gasteiger partial charge in [0.1, 0.15) is 0 Å². The summed E-state index contributed by atoms with van der Waals surface area (Å²) in [6.45, 7) is 8.83. The maximum absolute atomic E-state index is 5.69. The molecule has 1 saturated carbocycles. The molecule has 0 aromatic rings. The van der Waals surface area contributed by atoms with Crippen molar-refractivity contribution in [2.75, 3.05) is 26.2 Å². The van der Waals surface area contributed by atoms with Crippen molar-refractivity contribution in [3.8, 4) is 0 Å². The van der Waals surface area contributed by atoms with Crippen LogP contribution in [0.2, 0.25) is 0 Å². The molecule has 0 unspecified atom stereocenters. The summed E-state index contributed by atoms with van der Waals surface area (Å²) in [6, 6.07) is 0.839. The normalized spacial score (nSPS) is 34.7. The van der Waals surface area contributed by atoms with E-state index in [0.717, 1.165) is 25.7 Å². The van der Waals surface area contributed by atoms with Crippen molar-refractivity contribution in [3.05, 3.63) is 0 Å². The Morgan fingerprint density at radius 1 is 1.21 bits per heavy atom. The molecular formula is C11H22N2O. The molecule has 0 bridgehead atoms. The Kier molecular flexibility index (Phi) is 3.42. The summed E-state index contributed by atoms with van der Waals surface area (Å²) in [5.74, 6) is 0. The summed E-state index contributed by atoms with van der Waals surface area (Å²) >= 11 is 0. The molecule has 1 aliphatic carbocycles. The van der Waals surface area contributed by atoms with Gasteiger partial charge in [0.15, 0.2) is 0 Å². The topological polar surface area (TPSA) is 24.5 Å². The van der Waals surface area contributed by atoms with Gasteiger partial charge in [0.25, 0.3) is 0 Å². The van der Waals surface area contributed by atoms with Gasteiger partial charge in [-0.3, -0.25) is 4.90 Å². The van der Waals surface area contributed by atoms with Gasteiger partial charge in [0, 0.05) is 32.2 Å². The van der Waals surface area contributed by atoms with Gasteiger partial charge < -0.3 is 10.1 Å². The lowest BCUT2D eigenvalue weighted by atomic mass is 10.2. The van der Waals surface area contributed by atoms with Gasteiger partial charge in [0.05, 0.1) is 12.2 Å². The monoisotopic (exact) mass is 198 g/mol. The van der Waals surface area contributed by atoms with Crippen LogP contribution in [0.15, 0.2) is 0 Å². The van der Waals surface area contributed by atoms with E-state index in [1.54, 1.807) is 0 Å². The number of ether oxygens (including phenoxy) is 1. The predicted molar refractivity (Wildman–Crippen MR) is 57.5 cm³/mol. The van der Waals surface area contributed by atoms with Crippen LogP contribution in [0.4, 0.5) is 0 Å². The zero-order chi connectivity index (χ0) is 9.97. The molecule has 1 N–H and O–H groups in total. The molecule has 2 atom stereocenters. The van der Waals surface area contributed by atoms with Gasteiger partial charge in [-0.25, -0.2) is 0 Å². The SMILES string of the molecule is C[C@@H]1CN(CCNC2CC2)C[C@H](C)O1. The molecule has 0 spiro atoms. The molecule has 82 valence electrons. The van der Waals surface area contributed by atoms with E-state index in [-0.39, 0.29) is 0 Å². The number of nitrogens with zero attached hydrogens (tertiary/aromatic N) is 1. The Balaban J connectivity index is 1.62. The molecule has 1 aliphatic heterocycles. The number of rotatable bonds is 4. The van der Waals surface area contributed by atoms with E-state index in [0.29, 0.717) is 12.2 Å². The Bertz CT molecular complexity index is 172. The number of hydrogen-bond acceptors (Lipinski definition) is 3. The number of hydrogen-bond donors (Lipinski definition) is 1. The van der Waals surface area contributed by atoms with Crippen LogP contribution < -0.4 is 5.32 Å². The van der Waals surface area contributed by atoms with E-state index in [2.05, 4.69) is 24.1 Å². The summed E-state index contributed by atoms with van der Waals surface area (Å²) < 4.78 is 5.69. The minimum atomic E-state index is 0.402. The second-order valence-electron chi connectivity index (χ2n) is 4.75. The maximum atomic E-state index is 5.69. The fourth-order valence-electron chi connectivity index (χ4n) is 2.18. The molecule has 1 saturated heterocycles. The number of nitrogens with one attached hydrogen (secondary N) is 1. The molecule has 0 radical (unpaired) electrons. The highest BCUT2D eigenvalue weighted by Crippen LogP contribution is 2.18. The molecule has 2 fully saturated rings. The summed E-state index contributed by atoms with van der Waals surface area (Å²) in [7, 11) is 0. The average molecular weight is 198 g/mol. The highest BCUT2D eigenvalue weighted by molar-refractivity contribution is 4.81. The summed E-state index contributed by atoms with van der Waals surface area (Å²) in [6.07, 6.45) is 3.57. The third kappa shape index (κ3) is 3.23. The minimum Gasteiger partial charge on any atom is -0.373 e. The number of morpholine rings is 1. The standard InChI is InChI=1S/C11H22N2O/c1-9-7-13(8-10(2)14-9)6-5-12-11-3-4-11/h9-12H,3-8H2,1-2H3/t9-,10+. The molecule has 14 heavy (non-hydrogen) atoms. The molecule has 0 aromatic carbocycles. The Morgan fingerprint density at radius 2 is 1.86 bits per heavy atom. The van der Waals surface area contributed by atoms with Crippen molar-refractivity contribution < 1.29 is 4.74 Å². The van der Waals surface area contributed by atoms with Crippen LogP contribution in [0.3, 0.4) is 0 Å². The highest BCUT2D eigenvalue weighted by Gasteiger charge is 2.23. The molecule has 3 heteroatoms. The van der Waals surface area contributed by atoms with Crippen molar-refractivity contribution in [1.29, 1.82) is 0 Å². The lowest BCUT2D eigenvalue weighted by Gasteiger charge is -2.35. The fourth-order valence-corrected chi connectivity index (χ4v) is 2.18. The van der Waals surface area contributed by atoms with E-state index >= 15 is 0 Å². The smallest absolute Gasteiger partial charge is 0.0678 e. The fraction of sp³-hybridized carbons (Fsp3) is 1.00. The molecular weight excluding hydrogens is 176 g/mol. The average Bonchev–Trinajstić information content (AvgIpc) is 2.86. The summed E-state index contributed by atoms with van der Waals surface area (Å²) in [5, 5.41) is 3.55. The Labute approximate surface area is 86.8 Å². The third-order valence-electron chi connectivity index (χ3n) is 2.93. The van der Waals surface area contributed by atoms with Crippen molar-refractivity contribution in [2.45, 2.75) is 44.9 Å². The second-order valence-corrected chi connectivity index (χ2v) is 4.75. The van der Waals surface area contributed by atoms with E-state index < -0.39 is 0 Å². The lowest BCUT2D eigenvalue weighted by molar-refractivity contribution is -0.0674. The first kappa shape index (κ1) is 10.4. The maximum Gasteiger partial charge on any atom is 0.0678 e. The lowest BCUT2D eigenvalue weighted by Crippen LogP contribution is -2.47. The van der Waals surface area contributed by atoms with Gasteiger partial charge in [-0.05, 0) is 26.7 Å². The third-order valence-corrected chi connectivity index (χ3v) is 2.93. The molecule has 0 aromatic heterocycles. The molecule has 0 amide bonds. The van der Waals surface area contributed by atoms with E-state index in [1.807, 2.05) is 0 Å². The highest BCUT2D eigenvalue weighted by atomic mass is 16.5. The van der Waals surface area contributed by atoms with E-state index in [1.165, 1.54) is 19.4 Å².